The fraction of sp³-hybridized carbons (Fsp3) is 0.167. The monoisotopic (exact) mass is 375 g/mol. The molecule has 0 spiro atoms. The molecule has 0 atom stereocenters. The number of anilines is 1. The zero-order valence-corrected chi connectivity index (χ0v) is 13.2. The molecule has 1 heterocycles. The molecule has 0 amide bonds. The van der Waals surface area contributed by atoms with E-state index >= 15 is 0 Å². The third-order valence-electron chi connectivity index (χ3n) is 2.26. The van der Waals surface area contributed by atoms with Crippen molar-refractivity contribution in [1.82, 2.24) is 0 Å². The molecule has 5 heteroatoms. The van der Waals surface area contributed by atoms with E-state index in [2.05, 4.69) is 43.2 Å². The molecule has 0 aliphatic heterocycles. The Hall–Kier alpha value is -0.520. The number of para-hydroxylation sites is 2. The van der Waals surface area contributed by atoms with Crippen LogP contribution in [0.5, 0.6) is 5.75 Å². The van der Waals surface area contributed by atoms with Gasteiger partial charge in [-0.3, -0.25) is 0 Å². The predicted octanol–water partition coefficient (Wildman–Crippen LogP) is 4.89. The third kappa shape index (κ3) is 3.24. The van der Waals surface area contributed by atoms with E-state index < -0.39 is 0 Å². The molecule has 2 rings (SSSR count). The van der Waals surface area contributed by atoms with Gasteiger partial charge in [0.05, 0.1) is 16.6 Å². The Bertz CT molecular complexity index is 493. The highest BCUT2D eigenvalue weighted by Crippen LogP contribution is 2.33. The lowest BCUT2D eigenvalue weighted by Gasteiger charge is -2.09. The van der Waals surface area contributed by atoms with Crippen LogP contribution in [-0.4, -0.2) is 7.11 Å². The molecule has 0 saturated heterocycles. The van der Waals surface area contributed by atoms with Crippen molar-refractivity contribution in [3.8, 4) is 5.75 Å². The molecule has 2 nitrogen and oxygen atoms in total. The summed E-state index contributed by atoms with van der Waals surface area (Å²) < 4.78 is 7.50. The van der Waals surface area contributed by atoms with Crippen molar-refractivity contribution in [2.45, 2.75) is 6.54 Å². The highest BCUT2D eigenvalue weighted by atomic mass is 79.9. The van der Waals surface area contributed by atoms with Crippen molar-refractivity contribution in [2.24, 2.45) is 0 Å². The first-order valence-electron chi connectivity index (χ1n) is 5.01. The summed E-state index contributed by atoms with van der Waals surface area (Å²) >= 11 is 8.68. The Balaban J connectivity index is 2.07. The van der Waals surface area contributed by atoms with E-state index in [1.165, 1.54) is 4.88 Å². The van der Waals surface area contributed by atoms with Gasteiger partial charge >= 0.3 is 0 Å². The lowest BCUT2D eigenvalue weighted by Crippen LogP contribution is -1.99. The highest BCUT2D eigenvalue weighted by molar-refractivity contribution is 9.13. The highest BCUT2D eigenvalue weighted by Gasteiger charge is 2.05. The Kier molecular flexibility index (Phi) is 4.48. The van der Waals surface area contributed by atoms with Gasteiger partial charge in [-0.25, -0.2) is 0 Å². The first-order valence-corrected chi connectivity index (χ1v) is 7.41. The van der Waals surface area contributed by atoms with Crippen molar-refractivity contribution in [3.05, 3.63) is 43.5 Å². The van der Waals surface area contributed by atoms with E-state index in [0.29, 0.717) is 0 Å². The van der Waals surface area contributed by atoms with Crippen molar-refractivity contribution in [3.63, 3.8) is 0 Å². The van der Waals surface area contributed by atoms with Crippen LogP contribution in [0.1, 0.15) is 4.88 Å². The smallest absolute Gasteiger partial charge is 0.141 e. The summed E-state index contributed by atoms with van der Waals surface area (Å²) in [6, 6.07) is 10.0. The quantitative estimate of drug-likeness (QED) is 0.819. The van der Waals surface area contributed by atoms with Crippen LogP contribution < -0.4 is 10.1 Å². The lowest BCUT2D eigenvalue weighted by atomic mass is 10.3. The molecule has 0 bridgehead atoms. The van der Waals surface area contributed by atoms with Crippen LogP contribution in [0, 0.1) is 0 Å². The molecule has 0 fully saturated rings. The summed E-state index contributed by atoms with van der Waals surface area (Å²) in [6.45, 7) is 0.787. The fourth-order valence-electron chi connectivity index (χ4n) is 1.45. The molecule has 0 saturated carbocycles. The first-order chi connectivity index (χ1) is 8.20. The Morgan fingerprint density at radius 1 is 1.29 bits per heavy atom. The zero-order chi connectivity index (χ0) is 12.3. The largest absolute Gasteiger partial charge is 0.495 e. The molecule has 1 aromatic carbocycles. The number of rotatable bonds is 4. The number of nitrogens with one attached hydrogen (secondary N) is 1. The van der Waals surface area contributed by atoms with Crippen LogP contribution in [0.3, 0.4) is 0 Å². The van der Waals surface area contributed by atoms with Crippen LogP contribution in [0.4, 0.5) is 5.69 Å². The normalized spacial score (nSPS) is 10.3. The minimum atomic E-state index is 0.787. The Morgan fingerprint density at radius 3 is 2.71 bits per heavy atom. The molecule has 1 N–H and O–H groups in total. The second-order valence-electron chi connectivity index (χ2n) is 3.39. The molecular formula is C12H11Br2NOS. The summed E-state index contributed by atoms with van der Waals surface area (Å²) in [5.41, 5.74) is 1.01. The molecule has 0 unspecified atom stereocenters. The first kappa shape index (κ1) is 12.9. The molecule has 0 radical (unpaired) electrons. The molecule has 0 aliphatic carbocycles. The van der Waals surface area contributed by atoms with Gasteiger partial charge in [0.15, 0.2) is 0 Å². The molecule has 90 valence electrons. The van der Waals surface area contributed by atoms with E-state index in [1.807, 2.05) is 24.3 Å². The van der Waals surface area contributed by atoms with Crippen LogP contribution in [-0.2, 0) is 6.54 Å². The van der Waals surface area contributed by atoms with Crippen LogP contribution in [0.15, 0.2) is 38.6 Å². The maximum atomic E-state index is 5.29. The van der Waals surface area contributed by atoms with Gasteiger partial charge in [0.25, 0.3) is 0 Å². The maximum Gasteiger partial charge on any atom is 0.141 e. The van der Waals surface area contributed by atoms with Gasteiger partial charge in [0.1, 0.15) is 5.75 Å². The number of thiophene rings is 1. The van der Waals surface area contributed by atoms with Gasteiger partial charge in [0, 0.05) is 15.9 Å². The second kappa shape index (κ2) is 5.89. The Morgan fingerprint density at radius 2 is 2.06 bits per heavy atom. The van der Waals surface area contributed by atoms with Gasteiger partial charge in [-0.1, -0.05) is 12.1 Å². The van der Waals surface area contributed by atoms with E-state index in [-0.39, 0.29) is 0 Å². The maximum absolute atomic E-state index is 5.29. The van der Waals surface area contributed by atoms with Gasteiger partial charge in [-0.15, -0.1) is 11.3 Å². The number of halogens is 2. The Labute approximate surface area is 121 Å². The number of hydrogen-bond donors (Lipinski definition) is 1. The number of methoxy groups -OCH3 is 1. The number of ether oxygens (including phenoxy) is 1. The summed E-state index contributed by atoms with van der Waals surface area (Å²) in [4.78, 5) is 1.26. The number of benzene rings is 1. The SMILES string of the molecule is COc1ccccc1NCc1cc(Br)c(Br)s1. The summed E-state index contributed by atoms with van der Waals surface area (Å²) in [6.07, 6.45) is 0. The standard InChI is InChI=1S/C12H11Br2NOS/c1-16-11-5-3-2-4-10(11)15-7-8-6-9(13)12(14)17-8/h2-6,15H,7H2,1H3. The molecule has 1 aromatic heterocycles. The van der Waals surface area contributed by atoms with Gasteiger partial charge in [-0.05, 0) is 50.1 Å². The van der Waals surface area contributed by atoms with Crippen LogP contribution in [0.25, 0.3) is 0 Å². The van der Waals surface area contributed by atoms with Crippen molar-refractivity contribution in [1.29, 1.82) is 0 Å². The minimum Gasteiger partial charge on any atom is -0.495 e. The topological polar surface area (TPSA) is 21.3 Å². The predicted molar refractivity (Wildman–Crippen MR) is 80.0 cm³/mol. The van der Waals surface area contributed by atoms with E-state index in [4.69, 9.17) is 4.74 Å². The second-order valence-corrected chi connectivity index (χ2v) is 6.70. The molecule has 2 aromatic rings. The average molecular weight is 377 g/mol. The zero-order valence-electron chi connectivity index (χ0n) is 9.17. The van der Waals surface area contributed by atoms with E-state index in [9.17, 15) is 0 Å². The van der Waals surface area contributed by atoms with E-state index in [0.717, 1.165) is 26.2 Å². The van der Waals surface area contributed by atoms with Crippen molar-refractivity contribution in [2.75, 3.05) is 12.4 Å². The average Bonchev–Trinajstić information content (AvgIpc) is 2.66. The van der Waals surface area contributed by atoms with Crippen LogP contribution >= 0.6 is 43.2 Å². The lowest BCUT2D eigenvalue weighted by molar-refractivity contribution is 0.416. The third-order valence-corrected chi connectivity index (χ3v) is 5.51. The fourth-order valence-corrected chi connectivity index (χ4v) is 3.57. The van der Waals surface area contributed by atoms with Crippen LogP contribution in [0.2, 0.25) is 0 Å². The van der Waals surface area contributed by atoms with Gasteiger partial charge in [0.2, 0.25) is 0 Å². The minimum absolute atomic E-state index is 0.787. The molecule has 17 heavy (non-hydrogen) atoms. The summed E-state index contributed by atoms with van der Waals surface area (Å²) in [5.74, 6) is 0.863. The molecular weight excluding hydrogens is 366 g/mol. The molecule has 0 aliphatic rings. The summed E-state index contributed by atoms with van der Waals surface area (Å²) in [7, 11) is 1.68. The van der Waals surface area contributed by atoms with Crippen molar-refractivity contribution < 1.29 is 4.74 Å². The van der Waals surface area contributed by atoms with Crippen molar-refractivity contribution >= 4 is 48.9 Å². The summed E-state index contributed by atoms with van der Waals surface area (Å²) in [5, 5.41) is 3.36. The van der Waals surface area contributed by atoms with E-state index in [1.54, 1.807) is 18.4 Å². The van der Waals surface area contributed by atoms with Gasteiger partial charge in [-0.2, -0.15) is 0 Å². The van der Waals surface area contributed by atoms with Gasteiger partial charge < -0.3 is 10.1 Å². The number of hydrogen-bond acceptors (Lipinski definition) is 3.